The van der Waals surface area contributed by atoms with Crippen molar-refractivity contribution in [1.82, 2.24) is 9.03 Å². The summed E-state index contributed by atoms with van der Waals surface area (Å²) >= 11 is 0. The van der Waals surface area contributed by atoms with Crippen LogP contribution in [0.1, 0.15) is 24.1 Å². The molecule has 0 spiro atoms. The van der Waals surface area contributed by atoms with Crippen LogP contribution < -0.4 is 4.72 Å². The van der Waals surface area contributed by atoms with Gasteiger partial charge in [-0.25, -0.2) is 21.6 Å². The Kier molecular flexibility index (Phi) is 6.57. The fraction of sp³-hybridized carbons (Fsp3) is 0.333. The third-order valence-corrected chi connectivity index (χ3v) is 7.12. The molecule has 1 unspecified atom stereocenters. The molecule has 26 heavy (non-hydrogen) atoms. The number of aryl methyl sites for hydroxylation is 1. The second kappa shape index (κ2) is 8.30. The van der Waals surface area contributed by atoms with Gasteiger partial charge in [0.1, 0.15) is 0 Å². The summed E-state index contributed by atoms with van der Waals surface area (Å²) < 4.78 is 53.0. The molecular formula is C18H24N2O4S2. The zero-order valence-electron chi connectivity index (χ0n) is 15.1. The highest BCUT2D eigenvalue weighted by atomic mass is 32.2. The first-order valence-electron chi connectivity index (χ1n) is 8.20. The molecule has 0 saturated heterocycles. The van der Waals surface area contributed by atoms with Gasteiger partial charge in [-0.2, -0.15) is 4.31 Å². The van der Waals surface area contributed by atoms with Gasteiger partial charge in [0.2, 0.25) is 20.0 Å². The molecule has 2 aromatic rings. The molecule has 0 fully saturated rings. The van der Waals surface area contributed by atoms with Gasteiger partial charge in [-0.15, -0.1) is 0 Å². The summed E-state index contributed by atoms with van der Waals surface area (Å²) in [7, 11) is -7.20. The van der Waals surface area contributed by atoms with Crippen molar-refractivity contribution in [2.75, 3.05) is 19.3 Å². The van der Waals surface area contributed by atoms with Gasteiger partial charge in [0.25, 0.3) is 0 Å². The molecule has 2 aromatic carbocycles. The van der Waals surface area contributed by atoms with Crippen molar-refractivity contribution in [1.29, 1.82) is 0 Å². The van der Waals surface area contributed by atoms with E-state index in [0.717, 1.165) is 11.8 Å². The van der Waals surface area contributed by atoms with E-state index in [1.54, 1.807) is 32.0 Å². The predicted octanol–water partition coefficient (Wildman–Crippen LogP) is 2.30. The van der Waals surface area contributed by atoms with Gasteiger partial charge in [0, 0.05) is 19.1 Å². The number of benzene rings is 2. The Morgan fingerprint density at radius 2 is 1.54 bits per heavy atom. The smallest absolute Gasteiger partial charge is 0.212 e. The van der Waals surface area contributed by atoms with E-state index < -0.39 is 26.1 Å². The number of hydrogen-bond donors (Lipinski definition) is 1. The van der Waals surface area contributed by atoms with Crippen LogP contribution in [-0.4, -0.2) is 40.5 Å². The Bertz CT molecular complexity index is 942. The summed E-state index contributed by atoms with van der Waals surface area (Å²) in [4.78, 5) is 0.196. The van der Waals surface area contributed by atoms with E-state index in [2.05, 4.69) is 4.72 Å². The lowest BCUT2D eigenvalue weighted by molar-refractivity contribution is 0.348. The van der Waals surface area contributed by atoms with Crippen LogP contribution in [0.4, 0.5) is 0 Å². The molecule has 0 radical (unpaired) electrons. The normalized spacial score (nSPS) is 13.7. The molecular weight excluding hydrogens is 372 g/mol. The van der Waals surface area contributed by atoms with Gasteiger partial charge >= 0.3 is 0 Å². The summed E-state index contributed by atoms with van der Waals surface area (Å²) in [6.07, 6.45) is 1.13. The highest BCUT2D eigenvalue weighted by Crippen LogP contribution is 2.22. The quantitative estimate of drug-likeness (QED) is 0.742. The molecule has 0 saturated carbocycles. The fourth-order valence-electron chi connectivity index (χ4n) is 2.77. The maximum Gasteiger partial charge on any atom is 0.240 e. The molecule has 142 valence electrons. The minimum absolute atomic E-state index is 0.0130. The third-order valence-electron chi connectivity index (χ3n) is 4.15. The van der Waals surface area contributed by atoms with Gasteiger partial charge in [-0.3, -0.25) is 0 Å². The first kappa shape index (κ1) is 20.6. The number of rotatable bonds is 8. The summed E-state index contributed by atoms with van der Waals surface area (Å²) in [5.74, 6) is 0. The molecule has 1 N–H and O–H groups in total. The minimum Gasteiger partial charge on any atom is -0.212 e. The van der Waals surface area contributed by atoms with Crippen molar-refractivity contribution in [2.45, 2.75) is 24.8 Å². The zero-order chi connectivity index (χ0) is 19.4. The van der Waals surface area contributed by atoms with Gasteiger partial charge in [0.15, 0.2) is 0 Å². The van der Waals surface area contributed by atoms with E-state index in [1.807, 2.05) is 30.3 Å². The molecule has 0 amide bonds. The standard InChI is InChI=1S/C18H24N2O4S2/c1-15-9-7-8-12-18(15)26(23,24)19-13-14-20(25(3,21)22)16(2)17-10-5-4-6-11-17/h4-12,16,19H,13-14H2,1-3H3. The summed E-state index contributed by atoms with van der Waals surface area (Å²) in [6, 6.07) is 15.5. The van der Waals surface area contributed by atoms with Crippen LogP contribution in [0.5, 0.6) is 0 Å². The maximum atomic E-state index is 12.4. The van der Waals surface area contributed by atoms with Crippen molar-refractivity contribution in [3.8, 4) is 0 Å². The molecule has 0 aliphatic heterocycles. The molecule has 1 atom stereocenters. The molecule has 0 aliphatic rings. The van der Waals surface area contributed by atoms with E-state index in [4.69, 9.17) is 0 Å². The molecule has 0 bridgehead atoms. The topological polar surface area (TPSA) is 83.6 Å². The lowest BCUT2D eigenvalue weighted by Crippen LogP contribution is -2.39. The van der Waals surface area contributed by atoms with Crippen LogP contribution in [0.2, 0.25) is 0 Å². The Hall–Kier alpha value is -1.74. The summed E-state index contributed by atoms with van der Waals surface area (Å²) in [5.41, 5.74) is 1.48. The number of sulfonamides is 2. The molecule has 0 heterocycles. The Balaban J connectivity index is 2.13. The highest BCUT2D eigenvalue weighted by Gasteiger charge is 2.25. The van der Waals surface area contributed by atoms with Crippen LogP contribution >= 0.6 is 0 Å². The third kappa shape index (κ3) is 5.14. The van der Waals surface area contributed by atoms with Gasteiger partial charge in [-0.1, -0.05) is 48.5 Å². The SMILES string of the molecule is Cc1ccccc1S(=O)(=O)NCCN(C(C)c1ccccc1)S(C)(=O)=O. The number of nitrogens with one attached hydrogen (secondary N) is 1. The monoisotopic (exact) mass is 396 g/mol. The van der Waals surface area contributed by atoms with Crippen LogP contribution in [-0.2, 0) is 20.0 Å². The maximum absolute atomic E-state index is 12.4. The largest absolute Gasteiger partial charge is 0.240 e. The van der Waals surface area contributed by atoms with Crippen LogP contribution in [0.15, 0.2) is 59.5 Å². The summed E-state index contributed by atoms with van der Waals surface area (Å²) in [5, 5.41) is 0. The summed E-state index contributed by atoms with van der Waals surface area (Å²) in [6.45, 7) is 3.53. The Labute approximate surface area is 156 Å². The Morgan fingerprint density at radius 3 is 2.12 bits per heavy atom. The number of nitrogens with zero attached hydrogens (tertiary/aromatic N) is 1. The Morgan fingerprint density at radius 1 is 0.962 bits per heavy atom. The van der Waals surface area contributed by atoms with Crippen LogP contribution in [0.3, 0.4) is 0 Å². The first-order valence-corrected chi connectivity index (χ1v) is 11.5. The minimum atomic E-state index is -3.69. The average molecular weight is 397 g/mol. The second-order valence-electron chi connectivity index (χ2n) is 6.12. The van der Waals surface area contributed by atoms with Crippen LogP contribution in [0.25, 0.3) is 0 Å². The van der Waals surface area contributed by atoms with E-state index in [1.165, 1.54) is 10.4 Å². The highest BCUT2D eigenvalue weighted by molar-refractivity contribution is 7.89. The van der Waals surface area contributed by atoms with Gasteiger partial charge in [0.05, 0.1) is 11.2 Å². The van der Waals surface area contributed by atoms with E-state index in [-0.39, 0.29) is 18.0 Å². The van der Waals surface area contributed by atoms with E-state index >= 15 is 0 Å². The predicted molar refractivity (Wildman–Crippen MR) is 103 cm³/mol. The molecule has 0 aromatic heterocycles. The van der Waals surface area contributed by atoms with Gasteiger partial charge < -0.3 is 0 Å². The van der Waals surface area contributed by atoms with Crippen molar-refractivity contribution in [2.24, 2.45) is 0 Å². The van der Waals surface area contributed by atoms with Gasteiger partial charge in [-0.05, 0) is 31.0 Å². The first-order chi connectivity index (χ1) is 12.1. The van der Waals surface area contributed by atoms with Crippen molar-refractivity contribution >= 4 is 20.0 Å². The van der Waals surface area contributed by atoms with Crippen molar-refractivity contribution in [3.63, 3.8) is 0 Å². The molecule has 0 aliphatic carbocycles. The van der Waals surface area contributed by atoms with Crippen molar-refractivity contribution < 1.29 is 16.8 Å². The second-order valence-corrected chi connectivity index (χ2v) is 9.79. The lowest BCUT2D eigenvalue weighted by atomic mass is 10.1. The zero-order valence-corrected chi connectivity index (χ0v) is 16.7. The fourth-order valence-corrected chi connectivity index (χ4v) is 5.15. The van der Waals surface area contributed by atoms with E-state index in [9.17, 15) is 16.8 Å². The average Bonchev–Trinajstić information content (AvgIpc) is 2.58. The molecule has 6 nitrogen and oxygen atoms in total. The molecule has 8 heteroatoms. The molecule has 2 rings (SSSR count). The number of hydrogen-bond acceptors (Lipinski definition) is 4. The lowest BCUT2D eigenvalue weighted by Gasteiger charge is -2.27. The van der Waals surface area contributed by atoms with Crippen LogP contribution in [0, 0.1) is 6.92 Å². The van der Waals surface area contributed by atoms with E-state index in [0.29, 0.717) is 5.56 Å². The van der Waals surface area contributed by atoms with Crippen molar-refractivity contribution in [3.05, 3.63) is 65.7 Å².